The molecule has 30 heavy (non-hydrogen) atoms. The molecule has 0 bridgehead atoms. The van der Waals surface area contributed by atoms with E-state index in [2.05, 4.69) is 21.8 Å². The van der Waals surface area contributed by atoms with Crippen molar-refractivity contribution in [1.29, 1.82) is 0 Å². The summed E-state index contributed by atoms with van der Waals surface area (Å²) in [5, 5.41) is 22.1. The topological polar surface area (TPSA) is 136 Å². The number of unbranched alkanes of at least 4 members (excludes halogenated alkanes) is 1. The van der Waals surface area contributed by atoms with Crippen LogP contribution in [0.3, 0.4) is 0 Å². The van der Waals surface area contributed by atoms with Gasteiger partial charge in [-0.3, -0.25) is 25.1 Å². The van der Waals surface area contributed by atoms with Crippen molar-refractivity contribution >= 4 is 10.0 Å². The van der Waals surface area contributed by atoms with Gasteiger partial charge in [0.05, 0.1) is 4.92 Å². The van der Waals surface area contributed by atoms with Crippen LogP contribution in [0, 0.1) is 20.2 Å². The zero-order chi connectivity index (χ0) is 21.7. The van der Waals surface area contributed by atoms with Gasteiger partial charge in [-0.25, -0.2) is 13.1 Å². The summed E-state index contributed by atoms with van der Waals surface area (Å²) >= 11 is 0. The number of nitro groups is 2. The summed E-state index contributed by atoms with van der Waals surface area (Å²) in [6.45, 7) is 2.83. The molecule has 1 aliphatic carbocycles. The first-order valence-electron chi connectivity index (χ1n) is 9.75. The fourth-order valence-corrected chi connectivity index (χ4v) is 5.09. The Balaban J connectivity index is 1.49. The van der Waals surface area contributed by atoms with Crippen LogP contribution in [0.5, 0.6) is 0 Å². The summed E-state index contributed by atoms with van der Waals surface area (Å²) in [6.07, 6.45) is 3.80. The van der Waals surface area contributed by atoms with Crippen molar-refractivity contribution in [2.45, 2.75) is 38.3 Å². The molecular formula is C19H24N4O6S. The van der Waals surface area contributed by atoms with E-state index in [0.29, 0.717) is 6.42 Å². The van der Waals surface area contributed by atoms with Gasteiger partial charge >= 0.3 is 0 Å². The standard InChI is InChI=1S/C19H24N4O6S/c24-22(25)17-7-8-19(18(13-17)23(26)27)30(28,29)20-10-3-4-11-21-12-9-15-5-1-2-6-16(15)14-21/h1-2,5-8,18,20H,3-4,9-14H2. The molecule has 3 rings (SSSR count). The lowest BCUT2D eigenvalue weighted by Gasteiger charge is -2.28. The third kappa shape index (κ3) is 5.29. The average Bonchev–Trinajstić information content (AvgIpc) is 2.72. The molecule has 1 heterocycles. The zero-order valence-corrected chi connectivity index (χ0v) is 17.2. The molecule has 0 radical (unpaired) electrons. The number of nitrogens with one attached hydrogen (secondary N) is 1. The molecule has 0 spiro atoms. The predicted molar refractivity (Wildman–Crippen MR) is 110 cm³/mol. The smallest absolute Gasteiger partial charge is 0.260 e. The van der Waals surface area contributed by atoms with Gasteiger partial charge in [0.25, 0.3) is 11.7 Å². The number of allylic oxidation sites excluding steroid dienone is 2. The number of hydrogen-bond acceptors (Lipinski definition) is 7. The van der Waals surface area contributed by atoms with E-state index in [1.54, 1.807) is 0 Å². The lowest BCUT2D eigenvalue weighted by Crippen LogP contribution is -2.36. The second-order valence-corrected chi connectivity index (χ2v) is 9.16. The molecule has 162 valence electrons. The van der Waals surface area contributed by atoms with E-state index >= 15 is 0 Å². The van der Waals surface area contributed by atoms with E-state index < -0.39 is 37.2 Å². The molecule has 1 aromatic carbocycles. The maximum absolute atomic E-state index is 12.5. The van der Waals surface area contributed by atoms with E-state index in [9.17, 15) is 28.6 Å². The maximum atomic E-state index is 12.5. The summed E-state index contributed by atoms with van der Waals surface area (Å²) in [5.41, 5.74) is 2.32. The van der Waals surface area contributed by atoms with Gasteiger partial charge in [0, 0.05) is 30.6 Å². The lowest BCUT2D eigenvalue weighted by molar-refractivity contribution is -0.519. The van der Waals surface area contributed by atoms with Crippen molar-refractivity contribution in [3.63, 3.8) is 0 Å². The average molecular weight is 436 g/mol. The highest BCUT2D eigenvalue weighted by Crippen LogP contribution is 2.25. The molecule has 0 fully saturated rings. The molecule has 1 atom stereocenters. The van der Waals surface area contributed by atoms with Crippen LogP contribution in [-0.2, 0) is 23.0 Å². The Hall–Kier alpha value is -2.63. The maximum Gasteiger partial charge on any atom is 0.260 e. The van der Waals surface area contributed by atoms with Crippen molar-refractivity contribution in [2.75, 3.05) is 19.6 Å². The number of hydrogen-bond donors (Lipinski definition) is 1. The molecule has 11 heteroatoms. The predicted octanol–water partition coefficient (Wildman–Crippen LogP) is 1.84. The number of sulfonamides is 1. The minimum Gasteiger partial charge on any atom is -0.299 e. The van der Waals surface area contributed by atoms with Crippen molar-refractivity contribution in [3.05, 3.63) is 78.4 Å². The lowest BCUT2D eigenvalue weighted by atomic mass is 10.00. The van der Waals surface area contributed by atoms with Gasteiger partial charge in [0.2, 0.25) is 10.0 Å². The zero-order valence-electron chi connectivity index (χ0n) is 16.4. The summed E-state index contributed by atoms with van der Waals surface area (Å²) in [4.78, 5) is 22.4. The molecule has 0 saturated carbocycles. The van der Waals surface area contributed by atoms with Crippen molar-refractivity contribution in [1.82, 2.24) is 9.62 Å². The van der Waals surface area contributed by atoms with Gasteiger partial charge in [-0.05, 0) is 43.0 Å². The molecule has 1 aromatic rings. The molecular weight excluding hydrogens is 412 g/mol. The summed E-state index contributed by atoms with van der Waals surface area (Å²) in [7, 11) is -4.08. The highest BCUT2D eigenvalue weighted by Gasteiger charge is 2.40. The van der Waals surface area contributed by atoms with Gasteiger partial charge in [-0.1, -0.05) is 24.3 Å². The van der Waals surface area contributed by atoms with Crippen LogP contribution < -0.4 is 4.72 Å². The number of fused-ring (bicyclic) bond motifs is 1. The van der Waals surface area contributed by atoms with E-state index in [0.717, 1.165) is 44.6 Å². The van der Waals surface area contributed by atoms with Crippen LogP contribution in [0.4, 0.5) is 0 Å². The van der Waals surface area contributed by atoms with Crippen LogP contribution in [0.15, 0.2) is 47.0 Å². The Kier molecular flexibility index (Phi) is 6.95. The van der Waals surface area contributed by atoms with Crippen molar-refractivity contribution in [2.24, 2.45) is 0 Å². The van der Waals surface area contributed by atoms with Gasteiger partial charge < -0.3 is 0 Å². The van der Waals surface area contributed by atoms with E-state index in [4.69, 9.17) is 0 Å². The van der Waals surface area contributed by atoms with Crippen LogP contribution in [0.25, 0.3) is 0 Å². The van der Waals surface area contributed by atoms with Gasteiger partial charge in [-0.2, -0.15) is 0 Å². The van der Waals surface area contributed by atoms with Crippen molar-refractivity contribution in [3.8, 4) is 0 Å². The third-order valence-corrected chi connectivity index (χ3v) is 6.99. The Labute approximate surface area is 174 Å². The van der Waals surface area contributed by atoms with E-state index in [1.165, 1.54) is 11.1 Å². The Morgan fingerprint density at radius 3 is 2.53 bits per heavy atom. The monoisotopic (exact) mass is 436 g/mol. The molecule has 10 nitrogen and oxygen atoms in total. The minimum atomic E-state index is -4.08. The number of rotatable bonds is 9. The SMILES string of the molecule is O=[N+]([O-])C1=CC=C(S(=O)(=O)NCCCCN2CCc3ccccc3C2)C([N+](=O)[O-])C1. The molecule has 0 aromatic heterocycles. The van der Waals surface area contributed by atoms with E-state index in [1.807, 2.05) is 12.1 Å². The third-order valence-electron chi connectivity index (χ3n) is 5.37. The van der Waals surface area contributed by atoms with Crippen LogP contribution in [-0.4, -0.2) is 48.8 Å². The fourth-order valence-electron chi connectivity index (χ4n) is 3.73. The second kappa shape index (κ2) is 9.45. The second-order valence-electron chi connectivity index (χ2n) is 7.39. The normalized spacial score (nSPS) is 19.5. The fraction of sp³-hybridized carbons (Fsp3) is 0.474. The molecule has 1 aliphatic heterocycles. The molecule has 1 unspecified atom stereocenters. The molecule has 1 N–H and O–H groups in total. The molecule has 0 amide bonds. The largest absolute Gasteiger partial charge is 0.299 e. The van der Waals surface area contributed by atoms with Crippen LogP contribution in [0.1, 0.15) is 30.4 Å². The summed E-state index contributed by atoms with van der Waals surface area (Å²) < 4.78 is 27.4. The van der Waals surface area contributed by atoms with Crippen LogP contribution in [0.2, 0.25) is 0 Å². The Bertz CT molecular complexity index is 988. The quantitative estimate of drug-likeness (QED) is 0.354. The van der Waals surface area contributed by atoms with Gasteiger partial charge in [0.15, 0.2) is 0 Å². The van der Waals surface area contributed by atoms with Gasteiger partial charge in [0.1, 0.15) is 11.3 Å². The van der Waals surface area contributed by atoms with E-state index in [-0.39, 0.29) is 12.2 Å². The Morgan fingerprint density at radius 1 is 1.10 bits per heavy atom. The highest BCUT2D eigenvalue weighted by molar-refractivity contribution is 7.93. The first-order chi connectivity index (χ1) is 14.3. The first kappa shape index (κ1) is 22.1. The highest BCUT2D eigenvalue weighted by atomic mass is 32.2. The van der Waals surface area contributed by atoms with Gasteiger partial charge in [-0.15, -0.1) is 0 Å². The molecule has 2 aliphatic rings. The molecule has 0 saturated heterocycles. The number of benzene rings is 1. The Morgan fingerprint density at radius 2 is 1.83 bits per heavy atom. The first-order valence-corrected chi connectivity index (χ1v) is 11.2. The minimum absolute atomic E-state index is 0.153. The summed E-state index contributed by atoms with van der Waals surface area (Å²) in [5.74, 6) is 0. The van der Waals surface area contributed by atoms with Crippen LogP contribution >= 0.6 is 0 Å². The summed E-state index contributed by atoms with van der Waals surface area (Å²) in [6, 6.07) is 6.68. The number of nitrogens with zero attached hydrogens (tertiary/aromatic N) is 3. The van der Waals surface area contributed by atoms with Crippen molar-refractivity contribution < 1.29 is 18.3 Å².